The second-order valence-corrected chi connectivity index (χ2v) is 5.70. The van der Waals surface area contributed by atoms with Gasteiger partial charge >= 0.3 is 5.97 Å². The minimum Gasteiger partial charge on any atom is -0.478 e. The lowest BCUT2D eigenvalue weighted by Crippen LogP contribution is -2.15. The van der Waals surface area contributed by atoms with E-state index in [4.69, 9.17) is 11.6 Å². The fourth-order valence-corrected chi connectivity index (χ4v) is 3.02. The van der Waals surface area contributed by atoms with Crippen LogP contribution in [-0.2, 0) is 0 Å². The molecule has 1 aromatic heterocycles. The zero-order chi connectivity index (χ0) is 14.9. The molecule has 3 nitrogen and oxygen atoms in total. The Morgan fingerprint density at radius 1 is 1.45 bits per heavy atom. The van der Waals surface area contributed by atoms with Crippen molar-refractivity contribution in [1.82, 2.24) is 4.98 Å². The van der Waals surface area contributed by atoms with Gasteiger partial charge in [-0.15, -0.1) is 0 Å². The molecule has 1 heterocycles. The van der Waals surface area contributed by atoms with Crippen molar-refractivity contribution in [3.8, 4) is 0 Å². The lowest BCUT2D eigenvalue weighted by Gasteiger charge is -2.18. The molecule has 0 aliphatic heterocycles. The monoisotopic (exact) mass is 303 g/mol. The molecule has 0 amide bonds. The lowest BCUT2D eigenvalue weighted by molar-refractivity contribution is -0.0141. The summed E-state index contributed by atoms with van der Waals surface area (Å²) < 4.78 is 26.8. The van der Waals surface area contributed by atoms with E-state index in [0.29, 0.717) is 24.1 Å². The van der Waals surface area contributed by atoms with Crippen molar-refractivity contribution in [2.75, 3.05) is 0 Å². The van der Waals surface area contributed by atoms with Gasteiger partial charge in [0.05, 0.1) is 11.3 Å². The lowest BCUT2D eigenvalue weighted by atomic mass is 9.91. The van der Waals surface area contributed by atoms with Crippen molar-refractivity contribution in [1.29, 1.82) is 0 Å². The number of hydrogen-bond acceptors (Lipinski definition) is 2. The number of aromatic nitrogens is 1. The maximum Gasteiger partial charge on any atom is 0.337 e. The predicted octanol–water partition coefficient (Wildman–Crippen LogP) is 4.42. The van der Waals surface area contributed by atoms with E-state index in [9.17, 15) is 18.7 Å². The molecule has 1 saturated carbocycles. The van der Waals surface area contributed by atoms with Gasteiger partial charge in [-0.3, -0.25) is 0 Å². The topological polar surface area (TPSA) is 50.2 Å². The maximum absolute atomic E-state index is 13.4. The summed E-state index contributed by atoms with van der Waals surface area (Å²) in [6.45, 7) is 1.64. The first-order valence-corrected chi connectivity index (χ1v) is 6.96. The fraction of sp³-hybridized carbons (Fsp3) is 0.571. The molecule has 110 valence electrons. The van der Waals surface area contributed by atoms with Gasteiger partial charge < -0.3 is 5.11 Å². The molecule has 1 atom stereocenters. The molecule has 20 heavy (non-hydrogen) atoms. The average Bonchev–Trinajstić information content (AvgIpc) is 2.48. The molecular weight excluding hydrogens is 288 g/mol. The highest BCUT2D eigenvalue weighted by Crippen LogP contribution is 2.39. The van der Waals surface area contributed by atoms with Gasteiger partial charge in [0.1, 0.15) is 5.15 Å². The number of hydrogen-bond donors (Lipinski definition) is 1. The number of halogens is 3. The highest BCUT2D eigenvalue weighted by molar-refractivity contribution is 6.29. The first-order valence-electron chi connectivity index (χ1n) is 6.58. The van der Waals surface area contributed by atoms with Crippen LogP contribution in [0.15, 0.2) is 6.07 Å². The molecular formula is C14H16ClF2NO2. The Morgan fingerprint density at radius 2 is 2.15 bits per heavy atom. The summed E-state index contributed by atoms with van der Waals surface area (Å²) in [7, 11) is 0. The van der Waals surface area contributed by atoms with E-state index in [1.165, 1.54) is 6.07 Å². The van der Waals surface area contributed by atoms with Crippen LogP contribution in [0.25, 0.3) is 0 Å². The van der Waals surface area contributed by atoms with Crippen molar-refractivity contribution < 1.29 is 18.7 Å². The Hall–Kier alpha value is -1.23. The molecule has 0 saturated heterocycles. The number of carboxylic acid groups (broad SMARTS) is 1. The van der Waals surface area contributed by atoms with Gasteiger partial charge in [0.2, 0.25) is 5.92 Å². The van der Waals surface area contributed by atoms with E-state index in [1.54, 1.807) is 6.92 Å². The number of alkyl halides is 2. The zero-order valence-electron chi connectivity index (χ0n) is 11.1. The third-order valence-electron chi connectivity index (χ3n) is 3.77. The summed E-state index contributed by atoms with van der Waals surface area (Å²) in [6.07, 6.45) is 0.738. The minimum atomic E-state index is -2.66. The second-order valence-electron chi connectivity index (χ2n) is 5.31. The van der Waals surface area contributed by atoms with Crippen molar-refractivity contribution >= 4 is 17.6 Å². The van der Waals surface area contributed by atoms with E-state index in [-0.39, 0.29) is 35.9 Å². The van der Waals surface area contributed by atoms with E-state index >= 15 is 0 Å². The number of rotatable bonds is 2. The predicted molar refractivity (Wildman–Crippen MR) is 71.7 cm³/mol. The quantitative estimate of drug-likeness (QED) is 0.649. The molecule has 1 aromatic rings. The largest absolute Gasteiger partial charge is 0.478 e. The number of carbonyl (C=O) groups is 1. The fourth-order valence-electron chi connectivity index (χ4n) is 2.76. The molecule has 6 heteroatoms. The van der Waals surface area contributed by atoms with Crippen LogP contribution in [0.5, 0.6) is 0 Å². The van der Waals surface area contributed by atoms with Gasteiger partial charge in [0.25, 0.3) is 0 Å². The standard InChI is InChI=1S/C14H16ClF2NO2/c1-8-7-10(15)18-12(11(8)13(19)20)9-3-2-5-14(16,17)6-4-9/h7,9H,2-6H2,1H3,(H,19,20). The number of aryl methyl sites for hydroxylation is 1. The summed E-state index contributed by atoms with van der Waals surface area (Å²) in [4.78, 5) is 15.5. The molecule has 1 fully saturated rings. The smallest absolute Gasteiger partial charge is 0.337 e. The van der Waals surface area contributed by atoms with Crippen molar-refractivity contribution in [2.24, 2.45) is 0 Å². The maximum atomic E-state index is 13.4. The van der Waals surface area contributed by atoms with Crippen LogP contribution in [0.1, 0.15) is 59.6 Å². The first-order chi connectivity index (χ1) is 9.30. The molecule has 0 radical (unpaired) electrons. The van der Waals surface area contributed by atoms with Gasteiger partial charge in [-0.25, -0.2) is 18.6 Å². The number of carboxylic acids is 1. The zero-order valence-corrected chi connectivity index (χ0v) is 11.9. The first kappa shape index (κ1) is 15.2. The molecule has 1 N–H and O–H groups in total. The summed E-state index contributed by atoms with van der Waals surface area (Å²) in [5.74, 6) is -4.02. The van der Waals surface area contributed by atoms with Crippen molar-refractivity contribution in [3.63, 3.8) is 0 Å². The summed E-state index contributed by atoms with van der Waals surface area (Å²) >= 11 is 5.89. The van der Waals surface area contributed by atoms with E-state index < -0.39 is 11.9 Å². The number of pyridine rings is 1. The van der Waals surface area contributed by atoms with Crippen LogP contribution >= 0.6 is 11.6 Å². The molecule has 0 aromatic carbocycles. The molecule has 0 spiro atoms. The van der Waals surface area contributed by atoms with Gasteiger partial charge in [0, 0.05) is 18.8 Å². The van der Waals surface area contributed by atoms with Gasteiger partial charge in [-0.2, -0.15) is 0 Å². The van der Waals surface area contributed by atoms with Crippen LogP contribution in [0.3, 0.4) is 0 Å². The Morgan fingerprint density at radius 3 is 2.80 bits per heavy atom. The third kappa shape index (κ3) is 3.26. The molecule has 1 unspecified atom stereocenters. The summed E-state index contributed by atoms with van der Waals surface area (Å²) in [5, 5.41) is 9.52. The Labute approximate surface area is 121 Å². The van der Waals surface area contributed by atoms with E-state index in [0.717, 1.165) is 0 Å². The normalized spacial score (nSPS) is 22.3. The summed E-state index contributed by atoms with van der Waals surface area (Å²) in [5.41, 5.74) is 0.966. The van der Waals surface area contributed by atoms with E-state index in [2.05, 4.69) is 4.98 Å². The minimum absolute atomic E-state index is 0.101. The second kappa shape index (κ2) is 5.64. The molecule has 0 bridgehead atoms. The SMILES string of the molecule is Cc1cc(Cl)nc(C2CCCC(F)(F)CC2)c1C(=O)O. The number of aromatic carboxylic acids is 1. The highest BCUT2D eigenvalue weighted by atomic mass is 35.5. The van der Waals surface area contributed by atoms with Gasteiger partial charge in [0.15, 0.2) is 0 Å². The van der Waals surface area contributed by atoms with E-state index in [1.807, 2.05) is 0 Å². The van der Waals surface area contributed by atoms with Gasteiger partial charge in [-0.05, 0) is 37.8 Å². The van der Waals surface area contributed by atoms with Crippen LogP contribution < -0.4 is 0 Å². The third-order valence-corrected chi connectivity index (χ3v) is 3.96. The molecule has 1 aliphatic rings. The molecule has 2 rings (SSSR count). The number of nitrogens with zero attached hydrogens (tertiary/aromatic N) is 1. The Balaban J connectivity index is 2.39. The van der Waals surface area contributed by atoms with Gasteiger partial charge in [-0.1, -0.05) is 11.6 Å². The van der Waals surface area contributed by atoms with Crippen LogP contribution in [0.2, 0.25) is 5.15 Å². The summed E-state index contributed by atoms with van der Waals surface area (Å²) in [6, 6.07) is 1.49. The average molecular weight is 304 g/mol. The van der Waals surface area contributed by atoms with Crippen LogP contribution in [-0.4, -0.2) is 22.0 Å². The highest BCUT2D eigenvalue weighted by Gasteiger charge is 2.34. The van der Waals surface area contributed by atoms with Crippen LogP contribution in [0.4, 0.5) is 8.78 Å². The van der Waals surface area contributed by atoms with Crippen LogP contribution in [0, 0.1) is 6.92 Å². The Kier molecular flexibility index (Phi) is 4.28. The Bertz CT molecular complexity index is 534. The van der Waals surface area contributed by atoms with Crippen molar-refractivity contribution in [2.45, 2.75) is 50.9 Å². The molecule has 1 aliphatic carbocycles. The van der Waals surface area contributed by atoms with Crippen molar-refractivity contribution in [3.05, 3.63) is 28.0 Å².